The van der Waals surface area contributed by atoms with Gasteiger partial charge in [0.15, 0.2) is 12.4 Å². The average Bonchev–Trinajstić information content (AvgIpc) is 2.81. The van der Waals surface area contributed by atoms with Crippen molar-refractivity contribution >= 4 is 34.9 Å². The first-order chi connectivity index (χ1) is 15.9. The second-order valence-corrected chi connectivity index (χ2v) is 6.47. The van der Waals surface area contributed by atoms with Crippen molar-refractivity contribution in [2.24, 2.45) is 0 Å². The van der Waals surface area contributed by atoms with Crippen LogP contribution in [0, 0.1) is 10.1 Å². The largest absolute Gasteiger partial charge is 0.495 e. The Morgan fingerprint density at radius 3 is 2.70 bits per heavy atom. The number of aromatic nitrogens is 3. The first-order valence-corrected chi connectivity index (χ1v) is 9.62. The standard InChI is InChI=1S/C20H21N7O6/c1-32-16-5-3-2-4-15(16)23-20-25-17(24-19(21)26-20)11-33-18(29)13-10-12(27(30)31)6-7-14(13)22-8-9-28/h2-7,10,22,28H,8-9,11H2,1H3,(H3,21,23,24,25,26). The number of methoxy groups -OCH3 is 1. The second-order valence-electron chi connectivity index (χ2n) is 6.47. The van der Waals surface area contributed by atoms with Crippen LogP contribution in [-0.2, 0) is 11.3 Å². The summed E-state index contributed by atoms with van der Waals surface area (Å²) in [4.78, 5) is 35.2. The maximum absolute atomic E-state index is 12.6. The third-order valence-corrected chi connectivity index (χ3v) is 4.25. The minimum absolute atomic E-state index is 0.0588. The van der Waals surface area contributed by atoms with Crippen molar-refractivity contribution in [3.8, 4) is 5.75 Å². The zero-order chi connectivity index (χ0) is 23.8. The predicted octanol–water partition coefficient (Wildman–Crippen LogP) is 1.88. The maximum Gasteiger partial charge on any atom is 0.340 e. The van der Waals surface area contributed by atoms with E-state index in [1.165, 1.54) is 19.2 Å². The highest BCUT2D eigenvalue weighted by Crippen LogP contribution is 2.26. The number of nitrogens with zero attached hydrogens (tertiary/aromatic N) is 4. The summed E-state index contributed by atoms with van der Waals surface area (Å²) in [5.41, 5.74) is 6.25. The molecule has 3 aromatic rings. The van der Waals surface area contributed by atoms with Gasteiger partial charge in [0.05, 0.1) is 29.9 Å². The first kappa shape index (κ1) is 23.1. The molecule has 0 atom stereocenters. The monoisotopic (exact) mass is 455 g/mol. The molecule has 0 fully saturated rings. The van der Waals surface area contributed by atoms with Crippen LogP contribution in [0.4, 0.5) is 29.0 Å². The number of aliphatic hydroxyl groups excluding tert-OH is 1. The molecule has 5 N–H and O–H groups in total. The number of esters is 1. The van der Waals surface area contributed by atoms with Crippen LogP contribution in [-0.4, -0.2) is 51.2 Å². The summed E-state index contributed by atoms with van der Waals surface area (Å²) in [6.07, 6.45) is 0. The fraction of sp³-hybridized carbons (Fsp3) is 0.200. The molecule has 13 nitrogen and oxygen atoms in total. The zero-order valence-electron chi connectivity index (χ0n) is 17.5. The fourth-order valence-corrected chi connectivity index (χ4v) is 2.79. The molecule has 0 saturated carbocycles. The Kier molecular flexibility index (Phi) is 7.49. The van der Waals surface area contributed by atoms with Crippen LogP contribution in [0.15, 0.2) is 42.5 Å². The highest BCUT2D eigenvalue weighted by molar-refractivity contribution is 5.96. The lowest BCUT2D eigenvalue weighted by Gasteiger charge is -2.12. The molecule has 0 aliphatic carbocycles. The minimum Gasteiger partial charge on any atom is -0.495 e. The summed E-state index contributed by atoms with van der Waals surface area (Å²) in [6, 6.07) is 10.8. The average molecular weight is 455 g/mol. The highest BCUT2D eigenvalue weighted by Gasteiger charge is 2.19. The van der Waals surface area contributed by atoms with Crippen LogP contribution in [0.3, 0.4) is 0 Å². The number of anilines is 4. The third-order valence-electron chi connectivity index (χ3n) is 4.25. The number of nitrogen functional groups attached to an aromatic ring is 1. The van der Waals surface area contributed by atoms with Gasteiger partial charge in [-0.2, -0.15) is 15.0 Å². The molecule has 0 spiro atoms. The van der Waals surface area contributed by atoms with Crippen molar-refractivity contribution in [1.82, 2.24) is 15.0 Å². The van der Waals surface area contributed by atoms with E-state index < -0.39 is 10.9 Å². The lowest BCUT2D eigenvalue weighted by Crippen LogP contribution is -2.14. The number of nitro groups is 1. The zero-order valence-corrected chi connectivity index (χ0v) is 17.5. The maximum atomic E-state index is 12.6. The molecule has 0 radical (unpaired) electrons. The lowest BCUT2D eigenvalue weighted by atomic mass is 10.1. The number of nitro benzene ring substituents is 1. The van der Waals surface area contributed by atoms with E-state index in [0.29, 0.717) is 11.4 Å². The topological polar surface area (TPSA) is 188 Å². The van der Waals surface area contributed by atoms with Gasteiger partial charge in [-0.05, 0) is 18.2 Å². The van der Waals surface area contributed by atoms with E-state index in [2.05, 4.69) is 25.6 Å². The van der Waals surface area contributed by atoms with Gasteiger partial charge in [-0.25, -0.2) is 4.79 Å². The summed E-state index contributed by atoms with van der Waals surface area (Å²) in [7, 11) is 1.52. The molecule has 3 rings (SSSR count). The highest BCUT2D eigenvalue weighted by atomic mass is 16.6. The fourth-order valence-electron chi connectivity index (χ4n) is 2.79. The van der Waals surface area contributed by atoms with Gasteiger partial charge in [0.2, 0.25) is 11.9 Å². The van der Waals surface area contributed by atoms with E-state index in [1.54, 1.807) is 24.3 Å². The van der Waals surface area contributed by atoms with E-state index in [4.69, 9.17) is 20.3 Å². The van der Waals surface area contributed by atoms with E-state index in [1.807, 2.05) is 0 Å². The molecule has 0 unspecified atom stereocenters. The van der Waals surface area contributed by atoms with Crippen LogP contribution in [0.25, 0.3) is 0 Å². The Balaban J connectivity index is 1.77. The molecule has 1 aromatic heterocycles. The quantitative estimate of drug-likeness (QED) is 0.198. The van der Waals surface area contributed by atoms with Gasteiger partial charge in [-0.15, -0.1) is 0 Å². The summed E-state index contributed by atoms with van der Waals surface area (Å²) < 4.78 is 10.5. The van der Waals surface area contributed by atoms with Crippen LogP contribution in [0.2, 0.25) is 0 Å². The van der Waals surface area contributed by atoms with Gasteiger partial charge in [0.1, 0.15) is 5.75 Å². The molecule has 2 aromatic carbocycles. The molecule has 172 valence electrons. The van der Waals surface area contributed by atoms with Gasteiger partial charge < -0.3 is 30.9 Å². The summed E-state index contributed by atoms with van der Waals surface area (Å²) in [5.74, 6) is -0.230. The number of nitrogens with two attached hydrogens (primary N) is 1. The van der Waals surface area contributed by atoms with Gasteiger partial charge >= 0.3 is 5.97 Å². The molecule has 0 amide bonds. The number of non-ortho nitro benzene ring substituents is 1. The van der Waals surface area contributed by atoms with Gasteiger partial charge in [-0.1, -0.05) is 12.1 Å². The van der Waals surface area contributed by atoms with Crippen molar-refractivity contribution in [1.29, 1.82) is 0 Å². The van der Waals surface area contributed by atoms with Crippen LogP contribution >= 0.6 is 0 Å². The van der Waals surface area contributed by atoms with Gasteiger partial charge in [0, 0.05) is 24.4 Å². The number of hydrogen-bond acceptors (Lipinski definition) is 12. The Bertz CT molecular complexity index is 1160. The predicted molar refractivity (Wildman–Crippen MR) is 118 cm³/mol. The Morgan fingerprint density at radius 1 is 1.18 bits per heavy atom. The number of carbonyl (C=O) groups is 1. The van der Waals surface area contributed by atoms with Crippen molar-refractivity contribution in [2.45, 2.75) is 6.61 Å². The molecule has 0 bridgehead atoms. The second kappa shape index (κ2) is 10.7. The van der Waals surface area contributed by atoms with E-state index >= 15 is 0 Å². The number of rotatable bonds is 10. The van der Waals surface area contributed by atoms with Crippen LogP contribution in [0.5, 0.6) is 5.75 Å². The van der Waals surface area contributed by atoms with Crippen molar-refractivity contribution in [3.05, 3.63) is 64.0 Å². The normalized spacial score (nSPS) is 10.4. The molecule has 0 aliphatic heterocycles. The molecule has 0 aliphatic rings. The smallest absolute Gasteiger partial charge is 0.340 e. The van der Waals surface area contributed by atoms with Gasteiger partial charge in [-0.3, -0.25) is 10.1 Å². The van der Waals surface area contributed by atoms with Gasteiger partial charge in [0.25, 0.3) is 5.69 Å². The van der Waals surface area contributed by atoms with Crippen molar-refractivity contribution in [2.75, 3.05) is 36.6 Å². The molecule has 13 heteroatoms. The number of carbonyl (C=O) groups excluding carboxylic acids is 1. The Hall–Kier alpha value is -4.52. The summed E-state index contributed by atoms with van der Waals surface area (Å²) in [5, 5.41) is 25.9. The Labute approximate surface area is 187 Å². The number of ether oxygens (including phenoxy) is 2. The van der Waals surface area contributed by atoms with Crippen LogP contribution in [0.1, 0.15) is 16.2 Å². The van der Waals surface area contributed by atoms with Crippen molar-refractivity contribution < 1.29 is 24.3 Å². The molecule has 1 heterocycles. The summed E-state index contributed by atoms with van der Waals surface area (Å²) >= 11 is 0. The first-order valence-electron chi connectivity index (χ1n) is 9.62. The molecule has 33 heavy (non-hydrogen) atoms. The lowest BCUT2D eigenvalue weighted by molar-refractivity contribution is -0.384. The Morgan fingerprint density at radius 2 is 1.97 bits per heavy atom. The number of benzene rings is 2. The summed E-state index contributed by atoms with van der Waals surface area (Å²) in [6.45, 7) is -0.425. The van der Waals surface area contributed by atoms with Crippen molar-refractivity contribution in [3.63, 3.8) is 0 Å². The molecular formula is C20H21N7O6. The molecular weight excluding hydrogens is 434 g/mol. The van der Waals surface area contributed by atoms with Crippen LogP contribution < -0.4 is 21.1 Å². The van der Waals surface area contributed by atoms with E-state index in [9.17, 15) is 14.9 Å². The number of nitrogens with one attached hydrogen (secondary N) is 2. The number of hydrogen-bond donors (Lipinski definition) is 4. The number of para-hydroxylation sites is 2. The van der Waals surface area contributed by atoms with E-state index in [0.717, 1.165) is 6.07 Å². The number of aliphatic hydroxyl groups is 1. The molecule has 0 saturated heterocycles. The van der Waals surface area contributed by atoms with E-state index in [-0.39, 0.29) is 54.4 Å². The minimum atomic E-state index is -0.850. The SMILES string of the molecule is COc1ccccc1Nc1nc(N)nc(COC(=O)c2cc([N+](=O)[O-])ccc2NCCO)n1. The third kappa shape index (κ3) is 6.01.